The molecule has 3 aromatic carbocycles. The van der Waals surface area contributed by atoms with Crippen LogP contribution >= 0.6 is 27.5 Å². The van der Waals surface area contributed by atoms with Crippen LogP contribution in [-0.2, 0) is 11.4 Å². The summed E-state index contributed by atoms with van der Waals surface area (Å²) < 4.78 is 12.2. The molecule has 1 aliphatic rings. The molecule has 154 valence electrons. The Morgan fingerprint density at radius 1 is 1.16 bits per heavy atom. The number of nitrogens with zero attached hydrogens (tertiary/aromatic N) is 1. The number of nitrogens with one attached hydrogen (secondary N) is 1. The standard InChI is InChI=1S/C24H16BrClN2O3/c1-30-22-9-16(8-19-18-7-6-17(26)10-21(18)28-24(19)29)20(25)11-23(22)31-13-15-5-3-2-4-14(15)12-27/h2-11H,13H2,1H3,(H,28,29)/b19-8+. The average molecular weight is 496 g/mol. The van der Waals surface area contributed by atoms with E-state index in [1.54, 1.807) is 43.5 Å². The number of amides is 1. The van der Waals surface area contributed by atoms with Crippen LogP contribution in [0, 0.1) is 11.3 Å². The van der Waals surface area contributed by atoms with Crippen LogP contribution in [-0.4, -0.2) is 13.0 Å². The van der Waals surface area contributed by atoms with Gasteiger partial charge in [-0.05, 0) is 42.0 Å². The Labute approximate surface area is 193 Å². The Morgan fingerprint density at radius 2 is 1.97 bits per heavy atom. The third kappa shape index (κ3) is 4.29. The number of hydrogen-bond acceptors (Lipinski definition) is 4. The fourth-order valence-electron chi connectivity index (χ4n) is 3.31. The molecule has 0 fully saturated rings. The summed E-state index contributed by atoms with van der Waals surface area (Å²) in [7, 11) is 1.55. The summed E-state index contributed by atoms with van der Waals surface area (Å²) in [5.41, 5.74) is 4.11. The van der Waals surface area contributed by atoms with Crippen LogP contribution in [0.15, 0.2) is 59.1 Å². The molecule has 0 radical (unpaired) electrons. The first-order valence-corrected chi connectivity index (χ1v) is 10.5. The Kier molecular flexibility index (Phi) is 5.99. The second-order valence-corrected chi connectivity index (χ2v) is 8.08. The number of rotatable bonds is 5. The van der Waals surface area contributed by atoms with E-state index < -0.39 is 0 Å². The molecular weight excluding hydrogens is 480 g/mol. The number of nitriles is 1. The summed E-state index contributed by atoms with van der Waals surface area (Å²) in [6.45, 7) is 0.226. The van der Waals surface area contributed by atoms with Gasteiger partial charge in [-0.15, -0.1) is 0 Å². The predicted octanol–water partition coefficient (Wildman–Crippen LogP) is 6.05. The third-order valence-electron chi connectivity index (χ3n) is 4.87. The molecule has 1 N–H and O–H groups in total. The molecule has 0 aromatic heterocycles. The number of fused-ring (bicyclic) bond motifs is 1. The lowest BCUT2D eigenvalue weighted by Crippen LogP contribution is -2.04. The van der Waals surface area contributed by atoms with Gasteiger partial charge >= 0.3 is 0 Å². The summed E-state index contributed by atoms with van der Waals surface area (Å²) in [5, 5.41) is 12.6. The lowest BCUT2D eigenvalue weighted by Gasteiger charge is -2.13. The number of anilines is 1. The Morgan fingerprint density at radius 3 is 2.74 bits per heavy atom. The van der Waals surface area contributed by atoms with Crippen molar-refractivity contribution in [3.05, 3.63) is 86.3 Å². The number of hydrogen-bond donors (Lipinski definition) is 1. The van der Waals surface area contributed by atoms with Crippen molar-refractivity contribution >= 4 is 50.8 Å². The molecule has 1 amide bonds. The van der Waals surface area contributed by atoms with E-state index in [4.69, 9.17) is 21.1 Å². The van der Waals surface area contributed by atoms with E-state index in [0.29, 0.717) is 33.3 Å². The smallest absolute Gasteiger partial charge is 0.256 e. The van der Waals surface area contributed by atoms with Crippen LogP contribution in [0.1, 0.15) is 22.3 Å². The second-order valence-electron chi connectivity index (χ2n) is 6.78. The molecule has 0 bridgehead atoms. The molecule has 0 spiro atoms. The van der Waals surface area contributed by atoms with Crippen LogP contribution in [0.3, 0.4) is 0 Å². The fraction of sp³-hybridized carbons (Fsp3) is 0.0833. The number of ether oxygens (including phenoxy) is 2. The minimum Gasteiger partial charge on any atom is -0.493 e. The van der Waals surface area contributed by atoms with E-state index >= 15 is 0 Å². The number of benzene rings is 3. The zero-order valence-corrected chi connectivity index (χ0v) is 18.8. The quantitative estimate of drug-likeness (QED) is 0.437. The van der Waals surface area contributed by atoms with E-state index in [-0.39, 0.29) is 12.5 Å². The van der Waals surface area contributed by atoms with Gasteiger partial charge in [-0.3, -0.25) is 4.79 Å². The molecule has 3 aromatic rings. The highest BCUT2D eigenvalue weighted by molar-refractivity contribution is 9.10. The molecule has 0 unspecified atom stereocenters. The van der Waals surface area contributed by atoms with Crippen molar-refractivity contribution < 1.29 is 14.3 Å². The zero-order chi connectivity index (χ0) is 22.0. The number of carbonyl (C=O) groups excluding carboxylic acids is 1. The third-order valence-corrected chi connectivity index (χ3v) is 5.79. The van der Waals surface area contributed by atoms with Gasteiger partial charge in [-0.1, -0.05) is 51.8 Å². The molecule has 1 aliphatic heterocycles. The van der Waals surface area contributed by atoms with Gasteiger partial charge in [0, 0.05) is 26.2 Å². The highest BCUT2D eigenvalue weighted by Gasteiger charge is 2.24. The van der Waals surface area contributed by atoms with Crippen molar-refractivity contribution in [3.8, 4) is 17.6 Å². The van der Waals surface area contributed by atoms with Crippen molar-refractivity contribution in [3.63, 3.8) is 0 Å². The van der Waals surface area contributed by atoms with Crippen LogP contribution in [0.4, 0.5) is 5.69 Å². The van der Waals surface area contributed by atoms with Gasteiger partial charge in [0.2, 0.25) is 0 Å². The lowest BCUT2D eigenvalue weighted by molar-refractivity contribution is -0.110. The van der Waals surface area contributed by atoms with Crippen molar-refractivity contribution in [2.24, 2.45) is 0 Å². The average Bonchev–Trinajstić information content (AvgIpc) is 3.07. The Bertz CT molecular complexity index is 1260. The van der Waals surface area contributed by atoms with Gasteiger partial charge in [0.25, 0.3) is 5.91 Å². The van der Waals surface area contributed by atoms with Crippen molar-refractivity contribution in [1.29, 1.82) is 5.26 Å². The molecule has 31 heavy (non-hydrogen) atoms. The van der Waals surface area contributed by atoms with E-state index in [1.807, 2.05) is 24.3 Å². The first kappa shape index (κ1) is 21.0. The molecule has 0 saturated carbocycles. The normalized spacial score (nSPS) is 13.5. The summed E-state index contributed by atoms with van der Waals surface area (Å²) in [4.78, 5) is 12.5. The number of halogens is 2. The largest absolute Gasteiger partial charge is 0.493 e. The molecule has 1 heterocycles. The Balaban J connectivity index is 1.65. The zero-order valence-electron chi connectivity index (χ0n) is 16.4. The molecule has 4 rings (SSSR count). The van der Waals surface area contributed by atoms with Gasteiger partial charge in [0.15, 0.2) is 11.5 Å². The summed E-state index contributed by atoms with van der Waals surface area (Å²) >= 11 is 9.59. The van der Waals surface area contributed by atoms with Crippen LogP contribution in [0.25, 0.3) is 11.6 Å². The highest BCUT2D eigenvalue weighted by atomic mass is 79.9. The van der Waals surface area contributed by atoms with Crippen LogP contribution in [0.2, 0.25) is 5.02 Å². The SMILES string of the molecule is COc1cc(/C=C2/C(=O)Nc3cc(Cl)ccc32)c(Br)cc1OCc1ccccc1C#N. The van der Waals surface area contributed by atoms with Gasteiger partial charge < -0.3 is 14.8 Å². The van der Waals surface area contributed by atoms with Gasteiger partial charge in [-0.25, -0.2) is 0 Å². The minimum absolute atomic E-state index is 0.198. The van der Waals surface area contributed by atoms with Gasteiger partial charge in [-0.2, -0.15) is 5.26 Å². The van der Waals surface area contributed by atoms with Crippen LogP contribution < -0.4 is 14.8 Å². The van der Waals surface area contributed by atoms with E-state index in [2.05, 4.69) is 27.3 Å². The predicted molar refractivity (Wildman–Crippen MR) is 124 cm³/mol. The first-order chi connectivity index (χ1) is 15.0. The maximum atomic E-state index is 12.5. The highest BCUT2D eigenvalue weighted by Crippen LogP contribution is 2.39. The molecular formula is C24H16BrClN2O3. The molecule has 0 atom stereocenters. The fourth-order valence-corrected chi connectivity index (χ4v) is 3.92. The van der Waals surface area contributed by atoms with Gasteiger partial charge in [0.05, 0.1) is 24.4 Å². The molecule has 0 aliphatic carbocycles. The topological polar surface area (TPSA) is 71.3 Å². The Hall–Kier alpha value is -3.27. The van der Waals surface area contributed by atoms with Crippen molar-refractivity contribution in [2.75, 3.05) is 12.4 Å². The molecule has 7 heteroatoms. The minimum atomic E-state index is -0.198. The number of methoxy groups -OCH3 is 1. The van der Waals surface area contributed by atoms with E-state index in [1.165, 1.54) is 0 Å². The summed E-state index contributed by atoms with van der Waals surface area (Å²) in [5.74, 6) is 0.836. The number of carbonyl (C=O) groups is 1. The van der Waals surface area contributed by atoms with E-state index in [9.17, 15) is 10.1 Å². The maximum Gasteiger partial charge on any atom is 0.256 e. The summed E-state index contributed by atoms with van der Waals surface area (Å²) in [6.07, 6.45) is 1.79. The second kappa shape index (κ2) is 8.84. The monoisotopic (exact) mass is 494 g/mol. The maximum absolute atomic E-state index is 12.5. The molecule has 0 saturated heterocycles. The van der Waals surface area contributed by atoms with Crippen molar-refractivity contribution in [2.45, 2.75) is 6.61 Å². The summed E-state index contributed by atoms with van der Waals surface area (Å²) in [6, 6.07) is 18.3. The van der Waals surface area contributed by atoms with Crippen LogP contribution in [0.5, 0.6) is 11.5 Å². The first-order valence-electron chi connectivity index (χ1n) is 9.31. The molecule has 5 nitrogen and oxygen atoms in total. The van der Waals surface area contributed by atoms with Crippen molar-refractivity contribution in [1.82, 2.24) is 0 Å². The lowest BCUT2D eigenvalue weighted by atomic mass is 10.0. The van der Waals surface area contributed by atoms with E-state index in [0.717, 1.165) is 21.2 Å². The van der Waals surface area contributed by atoms with Gasteiger partial charge in [0.1, 0.15) is 6.61 Å².